The number of hydrogen-bond donors (Lipinski definition) is 2. The number of halogens is 1. The highest BCUT2D eigenvalue weighted by atomic mass is 35.5. The highest BCUT2D eigenvalue weighted by Crippen LogP contribution is 2.25. The molecule has 2 atom stereocenters. The Balaban J connectivity index is 2.76. The maximum atomic E-state index is 5.97. The van der Waals surface area contributed by atoms with Gasteiger partial charge in [-0.1, -0.05) is 31.9 Å². The lowest BCUT2D eigenvalue weighted by atomic mass is 10.0. The van der Waals surface area contributed by atoms with Gasteiger partial charge in [-0.25, -0.2) is 9.97 Å². The van der Waals surface area contributed by atoms with E-state index in [9.17, 15) is 0 Å². The van der Waals surface area contributed by atoms with E-state index < -0.39 is 0 Å². The monoisotopic (exact) mass is 228 g/mol. The Morgan fingerprint density at radius 2 is 2.13 bits per heavy atom. The SMILES string of the molecule is CCC(C)C(C)Nc1ncnc(N)c1Cl. The van der Waals surface area contributed by atoms with Crippen molar-refractivity contribution in [2.24, 2.45) is 5.92 Å². The van der Waals surface area contributed by atoms with Crippen LogP contribution in [0, 0.1) is 5.92 Å². The maximum absolute atomic E-state index is 5.97. The number of aromatic nitrogens is 2. The first kappa shape index (κ1) is 12.0. The average Bonchev–Trinajstić information content (AvgIpc) is 2.23. The summed E-state index contributed by atoms with van der Waals surface area (Å²) in [6.45, 7) is 6.43. The summed E-state index contributed by atoms with van der Waals surface area (Å²) in [4.78, 5) is 7.87. The first-order valence-corrected chi connectivity index (χ1v) is 5.46. The molecule has 0 bridgehead atoms. The predicted molar refractivity (Wildman–Crippen MR) is 64.0 cm³/mol. The van der Waals surface area contributed by atoms with E-state index >= 15 is 0 Å². The van der Waals surface area contributed by atoms with Crippen LogP contribution in [0.1, 0.15) is 27.2 Å². The normalized spacial score (nSPS) is 14.7. The van der Waals surface area contributed by atoms with Crippen molar-refractivity contribution in [1.29, 1.82) is 0 Å². The summed E-state index contributed by atoms with van der Waals surface area (Å²) in [5.74, 6) is 1.47. The molecule has 0 saturated carbocycles. The van der Waals surface area contributed by atoms with Gasteiger partial charge in [0.1, 0.15) is 17.2 Å². The minimum Gasteiger partial charge on any atom is -0.382 e. The zero-order valence-electron chi connectivity index (χ0n) is 9.29. The van der Waals surface area contributed by atoms with E-state index in [1.807, 2.05) is 0 Å². The number of nitrogen functional groups attached to an aromatic ring is 1. The van der Waals surface area contributed by atoms with Gasteiger partial charge in [-0.3, -0.25) is 0 Å². The van der Waals surface area contributed by atoms with Crippen LogP contribution in [0.5, 0.6) is 0 Å². The Morgan fingerprint density at radius 1 is 1.47 bits per heavy atom. The molecule has 3 N–H and O–H groups in total. The molecule has 1 rings (SSSR count). The number of nitrogens with one attached hydrogen (secondary N) is 1. The van der Waals surface area contributed by atoms with Gasteiger partial charge in [-0.15, -0.1) is 0 Å². The van der Waals surface area contributed by atoms with E-state index in [0.717, 1.165) is 6.42 Å². The van der Waals surface area contributed by atoms with Gasteiger partial charge in [-0.05, 0) is 12.8 Å². The minimum absolute atomic E-state index is 0.307. The number of anilines is 2. The molecule has 0 aliphatic rings. The van der Waals surface area contributed by atoms with Crippen molar-refractivity contribution in [3.8, 4) is 0 Å². The first-order chi connectivity index (χ1) is 7.06. The van der Waals surface area contributed by atoms with Crippen molar-refractivity contribution < 1.29 is 0 Å². The smallest absolute Gasteiger partial charge is 0.150 e. The second-order valence-electron chi connectivity index (χ2n) is 3.74. The maximum Gasteiger partial charge on any atom is 0.150 e. The van der Waals surface area contributed by atoms with Crippen molar-refractivity contribution in [3.05, 3.63) is 11.3 Å². The van der Waals surface area contributed by atoms with Crippen LogP contribution in [-0.2, 0) is 0 Å². The molecule has 5 heteroatoms. The molecule has 0 radical (unpaired) electrons. The molecule has 0 aliphatic heterocycles. The van der Waals surface area contributed by atoms with E-state index in [0.29, 0.717) is 28.6 Å². The van der Waals surface area contributed by atoms with Gasteiger partial charge in [-0.2, -0.15) is 0 Å². The topological polar surface area (TPSA) is 63.8 Å². The lowest BCUT2D eigenvalue weighted by molar-refractivity contribution is 0.493. The standard InChI is InChI=1S/C10H17ClN4/c1-4-6(2)7(3)15-10-8(11)9(12)13-5-14-10/h5-7H,4H2,1-3H3,(H3,12,13,14,15). The van der Waals surface area contributed by atoms with Crippen molar-refractivity contribution in [2.45, 2.75) is 33.2 Å². The van der Waals surface area contributed by atoms with Gasteiger partial charge in [0, 0.05) is 6.04 Å². The lowest BCUT2D eigenvalue weighted by Crippen LogP contribution is -2.24. The highest BCUT2D eigenvalue weighted by molar-refractivity contribution is 6.35. The average molecular weight is 229 g/mol. The summed E-state index contributed by atoms with van der Waals surface area (Å²) in [6.07, 6.45) is 2.51. The molecule has 0 spiro atoms. The van der Waals surface area contributed by atoms with Crippen LogP contribution in [0.15, 0.2) is 6.33 Å². The third-order valence-corrected chi connectivity index (χ3v) is 3.05. The van der Waals surface area contributed by atoms with Gasteiger partial charge in [0.2, 0.25) is 0 Å². The number of nitrogens with zero attached hydrogens (tertiary/aromatic N) is 2. The fourth-order valence-corrected chi connectivity index (χ4v) is 1.35. The minimum atomic E-state index is 0.307. The molecule has 0 amide bonds. The molecule has 15 heavy (non-hydrogen) atoms. The fraction of sp³-hybridized carbons (Fsp3) is 0.600. The van der Waals surface area contributed by atoms with Gasteiger partial charge < -0.3 is 11.1 Å². The summed E-state index contributed by atoms with van der Waals surface area (Å²) in [7, 11) is 0. The van der Waals surface area contributed by atoms with Crippen LogP contribution in [0.4, 0.5) is 11.6 Å². The van der Waals surface area contributed by atoms with Crippen LogP contribution < -0.4 is 11.1 Å². The van der Waals surface area contributed by atoms with E-state index in [4.69, 9.17) is 17.3 Å². The van der Waals surface area contributed by atoms with Crippen LogP contribution in [0.2, 0.25) is 5.02 Å². The molecule has 1 heterocycles. The molecule has 84 valence electrons. The zero-order chi connectivity index (χ0) is 11.4. The van der Waals surface area contributed by atoms with E-state index in [1.165, 1.54) is 6.33 Å². The van der Waals surface area contributed by atoms with Crippen LogP contribution in [0.25, 0.3) is 0 Å². The third-order valence-electron chi connectivity index (χ3n) is 2.68. The van der Waals surface area contributed by atoms with Crippen molar-refractivity contribution >= 4 is 23.2 Å². The Hall–Kier alpha value is -1.03. The van der Waals surface area contributed by atoms with Crippen molar-refractivity contribution in [2.75, 3.05) is 11.1 Å². The van der Waals surface area contributed by atoms with E-state index in [-0.39, 0.29) is 0 Å². The fourth-order valence-electron chi connectivity index (χ4n) is 1.20. The summed E-state index contributed by atoms with van der Waals surface area (Å²) in [6, 6.07) is 0.307. The number of rotatable bonds is 4. The van der Waals surface area contributed by atoms with Crippen LogP contribution in [0.3, 0.4) is 0 Å². The second kappa shape index (κ2) is 5.16. The Labute approximate surface area is 95.3 Å². The Kier molecular flexibility index (Phi) is 4.15. The quantitative estimate of drug-likeness (QED) is 0.832. The summed E-state index contributed by atoms with van der Waals surface area (Å²) in [5, 5.41) is 3.63. The first-order valence-electron chi connectivity index (χ1n) is 5.08. The lowest BCUT2D eigenvalue weighted by Gasteiger charge is -2.20. The molecular weight excluding hydrogens is 212 g/mol. The zero-order valence-corrected chi connectivity index (χ0v) is 10.0. The molecule has 1 aromatic heterocycles. The van der Waals surface area contributed by atoms with Crippen molar-refractivity contribution in [3.63, 3.8) is 0 Å². The molecule has 0 aliphatic carbocycles. The van der Waals surface area contributed by atoms with E-state index in [2.05, 4.69) is 36.1 Å². The summed E-state index contributed by atoms with van der Waals surface area (Å²) >= 11 is 5.97. The molecule has 4 nitrogen and oxygen atoms in total. The summed E-state index contributed by atoms with van der Waals surface area (Å²) in [5.41, 5.74) is 5.58. The largest absolute Gasteiger partial charge is 0.382 e. The molecule has 0 fully saturated rings. The van der Waals surface area contributed by atoms with Gasteiger partial charge in [0.05, 0.1) is 0 Å². The molecule has 2 unspecified atom stereocenters. The van der Waals surface area contributed by atoms with Crippen LogP contribution in [-0.4, -0.2) is 16.0 Å². The van der Waals surface area contributed by atoms with E-state index in [1.54, 1.807) is 0 Å². The van der Waals surface area contributed by atoms with Gasteiger partial charge in [0.15, 0.2) is 5.82 Å². The molecule has 0 aromatic carbocycles. The number of hydrogen-bond acceptors (Lipinski definition) is 4. The molecule has 1 aromatic rings. The Morgan fingerprint density at radius 3 is 2.73 bits per heavy atom. The Bertz CT molecular complexity index is 329. The van der Waals surface area contributed by atoms with Gasteiger partial charge >= 0.3 is 0 Å². The van der Waals surface area contributed by atoms with Gasteiger partial charge in [0.25, 0.3) is 0 Å². The van der Waals surface area contributed by atoms with Crippen LogP contribution >= 0.6 is 11.6 Å². The predicted octanol–water partition coefficient (Wildman–Crippen LogP) is 2.56. The molecular formula is C10H17ClN4. The number of nitrogens with two attached hydrogens (primary N) is 1. The summed E-state index contributed by atoms with van der Waals surface area (Å²) < 4.78 is 0. The third kappa shape index (κ3) is 2.96. The van der Waals surface area contributed by atoms with Crippen molar-refractivity contribution in [1.82, 2.24) is 9.97 Å². The second-order valence-corrected chi connectivity index (χ2v) is 4.12. The highest BCUT2D eigenvalue weighted by Gasteiger charge is 2.13. The molecule has 0 saturated heterocycles.